The molecule has 0 bridgehead atoms. The zero-order chi connectivity index (χ0) is 31.6. The normalized spacial score (nSPS) is 12.9. The van der Waals surface area contributed by atoms with Gasteiger partial charge in [-0.2, -0.15) is 9.97 Å². The van der Waals surface area contributed by atoms with Crippen LogP contribution < -0.4 is 15.4 Å². The second kappa shape index (κ2) is 15.4. The second-order valence-corrected chi connectivity index (χ2v) is 10.4. The predicted molar refractivity (Wildman–Crippen MR) is 165 cm³/mol. The maximum Gasteiger partial charge on any atom is 0.320 e. The van der Waals surface area contributed by atoms with Gasteiger partial charge < -0.3 is 24.8 Å². The van der Waals surface area contributed by atoms with Gasteiger partial charge in [-0.05, 0) is 68.5 Å². The molecule has 1 aliphatic rings. The van der Waals surface area contributed by atoms with E-state index in [1.54, 1.807) is 30.9 Å². The Hall–Kier alpha value is -4.29. The Morgan fingerprint density at radius 1 is 1.09 bits per heavy atom. The highest BCUT2D eigenvalue weighted by molar-refractivity contribution is 6.31. The average molecular weight is 628 g/mol. The summed E-state index contributed by atoms with van der Waals surface area (Å²) in [6, 6.07) is 8.08. The van der Waals surface area contributed by atoms with Crippen molar-refractivity contribution >= 4 is 57.5 Å². The molecule has 0 saturated heterocycles. The fourth-order valence-electron chi connectivity index (χ4n) is 4.50. The third kappa shape index (κ3) is 9.10. The molecule has 1 fully saturated rings. The number of nitrogens with one attached hydrogen (secondary N) is 2. The Labute approximate surface area is 259 Å². The quantitative estimate of drug-likeness (QED) is 0.167. The van der Waals surface area contributed by atoms with Crippen molar-refractivity contribution < 1.29 is 33.0 Å². The zero-order valence-corrected chi connectivity index (χ0v) is 25.6. The molecule has 0 radical (unpaired) electrons. The van der Waals surface area contributed by atoms with Gasteiger partial charge in [0.25, 0.3) is 0 Å². The number of fused-ring (bicyclic) bond motifs is 1. The maximum atomic E-state index is 13.7. The Balaban J connectivity index is 1.54. The lowest BCUT2D eigenvalue weighted by molar-refractivity contribution is -0.147. The van der Waals surface area contributed by atoms with Crippen LogP contribution in [0.1, 0.15) is 44.6 Å². The Kier molecular flexibility index (Phi) is 11.4. The average Bonchev–Trinajstić information content (AvgIpc) is 3.83. The molecular formula is C31H35ClFN5O6. The fourth-order valence-corrected chi connectivity index (χ4v) is 4.68. The SMILES string of the molecule is CCOC(=O)CCN(CC=CC(=O)Nc1cc2c(Nc3ccc(F)c(Cl)c3)nc(OC)nc2cc1C1CC1)CC(=O)OCC. The monoisotopic (exact) mass is 627 g/mol. The van der Waals surface area contributed by atoms with Crippen LogP contribution in [-0.2, 0) is 23.9 Å². The van der Waals surface area contributed by atoms with Crippen molar-refractivity contribution in [2.24, 2.45) is 0 Å². The van der Waals surface area contributed by atoms with Crippen LogP contribution >= 0.6 is 11.6 Å². The summed E-state index contributed by atoms with van der Waals surface area (Å²) in [5.41, 5.74) is 2.66. The molecule has 1 heterocycles. The molecule has 0 spiro atoms. The summed E-state index contributed by atoms with van der Waals surface area (Å²) in [5, 5.41) is 6.68. The first-order valence-electron chi connectivity index (χ1n) is 14.3. The molecule has 2 aromatic carbocycles. The predicted octanol–water partition coefficient (Wildman–Crippen LogP) is 5.36. The maximum absolute atomic E-state index is 13.7. The second-order valence-electron chi connectivity index (χ2n) is 10.0. The number of carbonyl (C=O) groups is 3. The third-order valence-corrected chi connectivity index (χ3v) is 7.00. The molecule has 4 rings (SSSR count). The number of aromatic nitrogens is 2. The number of amides is 1. The first kappa shape index (κ1) is 32.6. The molecule has 1 aromatic heterocycles. The molecule has 1 aliphatic carbocycles. The molecule has 3 aromatic rings. The van der Waals surface area contributed by atoms with Crippen LogP contribution in [0.4, 0.5) is 21.6 Å². The van der Waals surface area contributed by atoms with E-state index in [9.17, 15) is 18.8 Å². The number of esters is 2. The van der Waals surface area contributed by atoms with E-state index in [4.69, 9.17) is 25.8 Å². The molecule has 0 atom stereocenters. The molecule has 0 aliphatic heterocycles. The molecule has 1 amide bonds. The Morgan fingerprint density at radius 2 is 1.84 bits per heavy atom. The fraction of sp³-hybridized carbons (Fsp3) is 0.387. The summed E-state index contributed by atoms with van der Waals surface area (Å²) < 4.78 is 29.1. The van der Waals surface area contributed by atoms with E-state index in [0.29, 0.717) is 28.1 Å². The van der Waals surface area contributed by atoms with E-state index in [-0.39, 0.29) is 68.1 Å². The number of rotatable bonds is 15. The molecule has 0 unspecified atom stereocenters. The van der Waals surface area contributed by atoms with E-state index >= 15 is 0 Å². The highest BCUT2D eigenvalue weighted by Crippen LogP contribution is 2.45. The van der Waals surface area contributed by atoms with Crippen LogP contribution in [0, 0.1) is 5.82 Å². The first-order valence-corrected chi connectivity index (χ1v) is 14.7. The lowest BCUT2D eigenvalue weighted by Gasteiger charge is -2.19. The molecule has 234 valence electrons. The number of ether oxygens (including phenoxy) is 3. The van der Waals surface area contributed by atoms with Crippen LogP contribution in [0.5, 0.6) is 6.01 Å². The van der Waals surface area contributed by atoms with Gasteiger partial charge in [0.05, 0.1) is 43.8 Å². The Bertz CT molecular complexity index is 1550. The largest absolute Gasteiger partial charge is 0.467 e. The van der Waals surface area contributed by atoms with E-state index in [1.807, 2.05) is 6.07 Å². The van der Waals surface area contributed by atoms with Crippen LogP contribution in [0.2, 0.25) is 5.02 Å². The number of methoxy groups -OCH3 is 1. The van der Waals surface area contributed by atoms with Crippen LogP contribution in [0.25, 0.3) is 10.9 Å². The topological polar surface area (TPSA) is 132 Å². The minimum atomic E-state index is -0.544. The van der Waals surface area contributed by atoms with Crippen LogP contribution in [0.3, 0.4) is 0 Å². The van der Waals surface area contributed by atoms with Gasteiger partial charge in [0.15, 0.2) is 0 Å². The van der Waals surface area contributed by atoms with E-state index in [1.165, 1.54) is 31.4 Å². The number of halogens is 2. The van der Waals surface area contributed by atoms with Gasteiger partial charge >= 0.3 is 17.9 Å². The lowest BCUT2D eigenvalue weighted by atomic mass is 10.0. The molecular weight excluding hydrogens is 593 g/mol. The number of hydrogen-bond donors (Lipinski definition) is 2. The van der Waals surface area contributed by atoms with Crippen molar-refractivity contribution in [3.63, 3.8) is 0 Å². The highest BCUT2D eigenvalue weighted by Gasteiger charge is 2.28. The molecule has 11 nitrogen and oxygen atoms in total. The van der Waals surface area contributed by atoms with Crippen molar-refractivity contribution in [1.82, 2.24) is 14.9 Å². The summed E-state index contributed by atoms with van der Waals surface area (Å²) in [6.07, 6.45) is 5.07. The van der Waals surface area contributed by atoms with Crippen LogP contribution in [0.15, 0.2) is 42.5 Å². The van der Waals surface area contributed by atoms with Gasteiger partial charge in [-0.25, -0.2) is 4.39 Å². The van der Waals surface area contributed by atoms with E-state index in [2.05, 4.69) is 20.6 Å². The summed E-state index contributed by atoms with van der Waals surface area (Å²) in [6.45, 7) is 4.42. The van der Waals surface area contributed by atoms with Crippen molar-refractivity contribution in [3.05, 3.63) is 58.9 Å². The first-order chi connectivity index (χ1) is 21.2. The minimum Gasteiger partial charge on any atom is -0.467 e. The molecule has 44 heavy (non-hydrogen) atoms. The number of nitrogens with zero attached hydrogens (tertiary/aromatic N) is 3. The Morgan fingerprint density at radius 3 is 2.52 bits per heavy atom. The molecule has 2 N–H and O–H groups in total. The number of benzene rings is 2. The number of hydrogen-bond acceptors (Lipinski definition) is 10. The highest BCUT2D eigenvalue weighted by atomic mass is 35.5. The number of carbonyl (C=O) groups excluding carboxylic acids is 3. The van der Waals surface area contributed by atoms with E-state index < -0.39 is 11.8 Å². The summed E-state index contributed by atoms with van der Waals surface area (Å²) in [4.78, 5) is 47.6. The van der Waals surface area contributed by atoms with Crippen molar-refractivity contribution in [2.45, 2.75) is 39.0 Å². The molecule has 13 heteroatoms. The summed E-state index contributed by atoms with van der Waals surface area (Å²) >= 11 is 5.97. The zero-order valence-electron chi connectivity index (χ0n) is 24.8. The van der Waals surface area contributed by atoms with Gasteiger partial charge in [0.1, 0.15) is 11.6 Å². The van der Waals surface area contributed by atoms with Crippen molar-refractivity contribution in [3.8, 4) is 6.01 Å². The van der Waals surface area contributed by atoms with Gasteiger partial charge in [-0.3, -0.25) is 19.3 Å². The van der Waals surface area contributed by atoms with E-state index in [0.717, 1.165) is 18.4 Å². The number of anilines is 3. The minimum absolute atomic E-state index is 0.0335. The summed E-state index contributed by atoms with van der Waals surface area (Å²) in [5.74, 6) is -1.05. The van der Waals surface area contributed by atoms with Crippen molar-refractivity contribution in [2.75, 3.05) is 50.6 Å². The van der Waals surface area contributed by atoms with Gasteiger partial charge in [0.2, 0.25) is 5.91 Å². The smallest absolute Gasteiger partial charge is 0.320 e. The lowest BCUT2D eigenvalue weighted by Crippen LogP contribution is -2.33. The van der Waals surface area contributed by atoms with Gasteiger partial charge in [-0.15, -0.1) is 0 Å². The van der Waals surface area contributed by atoms with Gasteiger partial charge in [0, 0.05) is 35.9 Å². The van der Waals surface area contributed by atoms with Crippen molar-refractivity contribution in [1.29, 1.82) is 0 Å². The standard InChI is InChI=1S/C31H35ClFN5O6/c1-4-43-28(40)12-14-38(18-29(41)44-5-2)13-6-7-27(39)35-25-17-22-26(16-21(25)19-8-9-19)36-31(42-3)37-30(22)34-20-10-11-24(33)23(32)15-20/h6-7,10-11,15-17,19H,4-5,8-9,12-14,18H2,1-3H3,(H,35,39)(H,34,36,37). The van der Waals surface area contributed by atoms with Crippen LogP contribution in [-0.4, -0.2) is 72.7 Å². The third-order valence-electron chi connectivity index (χ3n) is 6.71. The molecule has 1 saturated carbocycles. The summed E-state index contributed by atoms with van der Waals surface area (Å²) in [7, 11) is 1.47. The van der Waals surface area contributed by atoms with Gasteiger partial charge in [-0.1, -0.05) is 17.7 Å².